The third-order valence-corrected chi connectivity index (χ3v) is 4.74. The molecule has 5 nitrogen and oxygen atoms in total. The van der Waals surface area contributed by atoms with Crippen LogP contribution in [-0.4, -0.2) is 21.0 Å². The fourth-order valence-electron chi connectivity index (χ4n) is 3.14. The average Bonchev–Trinajstić information content (AvgIpc) is 2.87. The van der Waals surface area contributed by atoms with Gasteiger partial charge in [-0.05, 0) is 38.8 Å². The SMILES string of the molecule is Cc1nc(NCc2ccccn2)nc(NC2CCCCCC2)c1C. The van der Waals surface area contributed by atoms with Gasteiger partial charge in [-0.25, -0.2) is 4.98 Å². The predicted octanol–water partition coefficient (Wildman–Crippen LogP) is 4.24. The molecule has 0 unspecified atom stereocenters. The summed E-state index contributed by atoms with van der Waals surface area (Å²) in [5.74, 6) is 1.64. The molecule has 1 aliphatic carbocycles. The molecule has 2 aromatic heterocycles. The molecule has 1 aliphatic rings. The van der Waals surface area contributed by atoms with Gasteiger partial charge in [0.05, 0.1) is 12.2 Å². The van der Waals surface area contributed by atoms with Crippen molar-refractivity contribution >= 4 is 11.8 Å². The number of hydrogen-bond acceptors (Lipinski definition) is 5. The van der Waals surface area contributed by atoms with Crippen molar-refractivity contribution < 1.29 is 0 Å². The molecule has 2 N–H and O–H groups in total. The van der Waals surface area contributed by atoms with Crippen molar-refractivity contribution in [2.75, 3.05) is 10.6 Å². The summed E-state index contributed by atoms with van der Waals surface area (Å²) < 4.78 is 0. The highest BCUT2D eigenvalue weighted by atomic mass is 15.2. The summed E-state index contributed by atoms with van der Waals surface area (Å²) in [5.41, 5.74) is 3.14. The number of aromatic nitrogens is 3. The number of nitrogens with zero attached hydrogens (tertiary/aromatic N) is 3. The van der Waals surface area contributed by atoms with Crippen molar-refractivity contribution in [3.63, 3.8) is 0 Å². The molecule has 2 heterocycles. The molecule has 128 valence electrons. The topological polar surface area (TPSA) is 62.7 Å². The van der Waals surface area contributed by atoms with Crippen LogP contribution in [0.15, 0.2) is 24.4 Å². The highest BCUT2D eigenvalue weighted by molar-refractivity contribution is 5.50. The molecule has 0 aromatic carbocycles. The smallest absolute Gasteiger partial charge is 0.225 e. The maximum Gasteiger partial charge on any atom is 0.225 e. The van der Waals surface area contributed by atoms with Gasteiger partial charge >= 0.3 is 0 Å². The third kappa shape index (κ3) is 4.43. The molecular weight excluding hydrogens is 298 g/mol. The number of anilines is 2. The van der Waals surface area contributed by atoms with Gasteiger partial charge in [0.1, 0.15) is 5.82 Å². The van der Waals surface area contributed by atoms with Crippen LogP contribution >= 0.6 is 0 Å². The van der Waals surface area contributed by atoms with Crippen LogP contribution in [0.4, 0.5) is 11.8 Å². The number of pyridine rings is 1. The van der Waals surface area contributed by atoms with Crippen LogP contribution in [0.3, 0.4) is 0 Å². The van der Waals surface area contributed by atoms with E-state index in [0.717, 1.165) is 22.8 Å². The largest absolute Gasteiger partial charge is 0.367 e. The molecule has 24 heavy (non-hydrogen) atoms. The fourth-order valence-corrected chi connectivity index (χ4v) is 3.14. The standard InChI is InChI=1S/C19H27N5/c1-14-15(2)22-19(21-13-17-11-7-8-12-20-17)24-18(14)23-16-9-5-3-4-6-10-16/h7-8,11-12,16H,3-6,9-10,13H2,1-2H3,(H2,21,22,23,24). The first-order chi connectivity index (χ1) is 11.7. The van der Waals surface area contributed by atoms with E-state index in [9.17, 15) is 0 Å². The zero-order valence-electron chi connectivity index (χ0n) is 14.7. The number of aryl methyl sites for hydroxylation is 1. The first-order valence-electron chi connectivity index (χ1n) is 8.98. The molecule has 0 spiro atoms. The van der Waals surface area contributed by atoms with Crippen LogP contribution in [0.25, 0.3) is 0 Å². The van der Waals surface area contributed by atoms with Gasteiger partial charge in [0.25, 0.3) is 0 Å². The third-order valence-electron chi connectivity index (χ3n) is 4.74. The molecule has 3 rings (SSSR count). The highest BCUT2D eigenvalue weighted by Crippen LogP contribution is 2.23. The Bertz CT molecular complexity index is 648. The van der Waals surface area contributed by atoms with Crippen molar-refractivity contribution in [1.29, 1.82) is 0 Å². The molecule has 0 radical (unpaired) electrons. The normalized spacial score (nSPS) is 15.8. The molecule has 0 aliphatic heterocycles. The minimum absolute atomic E-state index is 0.532. The summed E-state index contributed by atoms with van der Waals surface area (Å²) in [6.07, 6.45) is 9.61. The summed E-state index contributed by atoms with van der Waals surface area (Å²) in [7, 11) is 0. The Morgan fingerprint density at radius 2 is 1.83 bits per heavy atom. The van der Waals surface area contributed by atoms with Crippen molar-refractivity contribution in [3.05, 3.63) is 41.3 Å². The van der Waals surface area contributed by atoms with Crippen LogP contribution in [0.5, 0.6) is 0 Å². The van der Waals surface area contributed by atoms with Gasteiger partial charge in [-0.2, -0.15) is 4.98 Å². The lowest BCUT2D eigenvalue weighted by molar-refractivity contribution is 0.616. The molecule has 0 saturated heterocycles. The van der Waals surface area contributed by atoms with Crippen molar-refractivity contribution in [1.82, 2.24) is 15.0 Å². The molecule has 5 heteroatoms. The molecule has 0 amide bonds. The van der Waals surface area contributed by atoms with Crippen LogP contribution in [0, 0.1) is 13.8 Å². The van der Waals surface area contributed by atoms with E-state index in [1.807, 2.05) is 25.1 Å². The van der Waals surface area contributed by atoms with Crippen molar-refractivity contribution in [2.45, 2.75) is 65.0 Å². The van der Waals surface area contributed by atoms with Gasteiger partial charge in [0.15, 0.2) is 0 Å². The van der Waals surface area contributed by atoms with E-state index < -0.39 is 0 Å². The second-order valence-corrected chi connectivity index (χ2v) is 6.61. The van der Waals surface area contributed by atoms with Crippen LogP contribution in [0.2, 0.25) is 0 Å². The summed E-state index contributed by atoms with van der Waals surface area (Å²) in [4.78, 5) is 13.6. The number of hydrogen-bond donors (Lipinski definition) is 2. The summed E-state index contributed by atoms with van der Waals surface area (Å²) in [5, 5.41) is 6.96. The van der Waals surface area contributed by atoms with Gasteiger partial charge in [-0.1, -0.05) is 31.7 Å². The molecule has 1 fully saturated rings. The van der Waals surface area contributed by atoms with E-state index in [1.165, 1.54) is 38.5 Å². The first-order valence-corrected chi connectivity index (χ1v) is 8.98. The molecule has 2 aromatic rings. The van der Waals surface area contributed by atoms with E-state index in [-0.39, 0.29) is 0 Å². The van der Waals surface area contributed by atoms with Crippen molar-refractivity contribution in [3.8, 4) is 0 Å². The predicted molar refractivity (Wildman–Crippen MR) is 98.2 cm³/mol. The van der Waals surface area contributed by atoms with E-state index >= 15 is 0 Å². The van der Waals surface area contributed by atoms with Crippen LogP contribution < -0.4 is 10.6 Å². The second kappa shape index (κ2) is 8.08. The Morgan fingerprint density at radius 3 is 2.54 bits per heavy atom. The molecule has 0 atom stereocenters. The fraction of sp³-hybridized carbons (Fsp3) is 0.526. The highest BCUT2D eigenvalue weighted by Gasteiger charge is 2.15. The van der Waals surface area contributed by atoms with Gasteiger partial charge in [0.2, 0.25) is 5.95 Å². The van der Waals surface area contributed by atoms with Crippen LogP contribution in [-0.2, 0) is 6.54 Å². The summed E-state index contributed by atoms with van der Waals surface area (Å²) in [6, 6.07) is 6.44. The quantitative estimate of drug-likeness (QED) is 0.805. The van der Waals surface area contributed by atoms with Gasteiger partial charge < -0.3 is 10.6 Å². The van der Waals surface area contributed by atoms with Gasteiger partial charge in [-0.15, -0.1) is 0 Å². The maximum absolute atomic E-state index is 4.71. The first kappa shape index (κ1) is 16.7. The Labute approximate surface area is 144 Å². The summed E-state index contributed by atoms with van der Waals surface area (Å²) in [6.45, 7) is 4.77. The lowest BCUT2D eigenvalue weighted by atomic mass is 10.1. The molecular formula is C19H27N5. The molecule has 0 bridgehead atoms. The molecule has 1 saturated carbocycles. The van der Waals surface area contributed by atoms with E-state index in [0.29, 0.717) is 18.5 Å². The minimum atomic E-state index is 0.532. The monoisotopic (exact) mass is 325 g/mol. The number of rotatable bonds is 5. The van der Waals surface area contributed by atoms with E-state index in [4.69, 9.17) is 4.98 Å². The van der Waals surface area contributed by atoms with E-state index in [2.05, 4.69) is 27.5 Å². The Morgan fingerprint density at radius 1 is 1.04 bits per heavy atom. The van der Waals surface area contributed by atoms with Gasteiger partial charge in [0, 0.05) is 23.5 Å². The second-order valence-electron chi connectivity index (χ2n) is 6.61. The maximum atomic E-state index is 4.71. The van der Waals surface area contributed by atoms with Crippen molar-refractivity contribution in [2.24, 2.45) is 0 Å². The Kier molecular flexibility index (Phi) is 5.62. The van der Waals surface area contributed by atoms with Gasteiger partial charge in [-0.3, -0.25) is 4.98 Å². The van der Waals surface area contributed by atoms with Crippen LogP contribution in [0.1, 0.15) is 55.5 Å². The Hall–Kier alpha value is -2.17. The zero-order chi connectivity index (χ0) is 16.8. The average molecular weight is 325 g/mol. The lowest BCUT2D eigenvalue weighted by Gasteiger charge is -2.19. The Balaban J connectivity index is 1.70. The van der Waals surface area contributed by atoms with E-state index in [1.54, 1.807) is 6.20 Å². The lowest BCUT2D eigenvalue weighted by Crippen LogP contribution is -2.21. The zero-order valence-corrected chi connectivity index (χ0v) is 14.7. The number of nitrogens with one attached hydrogen (secondary N) is 2. The summed E-state index contributed by atoms with van der Waals surface area (Å²) >= 11 is 0. The minimum Gasteiger partial charge on any atom is -0.367 e.